The van der Waals surface area contributed by atoms with Gasteiger partial charge in [-0.1, -0.05) is 0 Å². The lowest BCUT2D eigenvalue weighted by molar-refractivity contribution is 0.140. The Morgan fingerprint density at radius 3 is 2.47 bits per heavy atom. The second kappa shape index (κ2) is 4.94. The van der Waals surface area contributed by atoms with E-state index in [1.807, 2.05) is 0 Å². The van der Waals surface area contributed by atoms with Crippen LogP contribution in [-0.2, 0) is 0 Å². The van der Waals surface area contributed by atoms with Crippen molar-refractivity contribution in [2.75, 3.05) is 19.7 Å². The molecule has 0 radical (unpaired) electrons. The van der Waals surface area contributed by atoms with Gasteiger partial charge >= 0.3 is 0 Å². The Balaban J connectivity index is 2.46. The first kappa shape index (κ1) is 12.5. The van der Waals surface area contributed by atoms with E-state index >= 15 is 0 Å². The Hall–Kier alpha value is -0.610. The molecule has 0 atom stereocenters. The summed E-state index contributed by atoms with van der Waals surface area (Å²) in [7, 11) is 0. The van der Waals surface area contributed by atoms with E-state index in [4.69, 9.17) is 16.2 Å². The van der Waals surface area contributed by atoms with Crippen molar-refractivity contribution >= 4 is 5.84 Å². The fourth-order valence-electron chi connectivity index (χ4n) is 2.05. The number of nitrogens with one attached hydrogen (secondary N) is 1. The molecule has 4 nitrogen and oxygen atoms in total. The lowest BCUT2D eigenvalue weighted by atomic mass is 10.0. The molecule has 4 N–H and O–H groups in total. The molecule has 0 aliphatic heterocycles. The van der Waals surface area contributed by atoms with E-state index in [9.17, 15) is 0 Å². The van der Waals surface area contributed by atoms with Gasteiger partial charge in [-0.15, -0.1) is 0 Å². The van der Waals surface area contributed by atoms with E-state index in [2.05, 4.69) is 18.7 Å². The first-order valence-corrected chi connectivity index (χ1v) is 5.67. The van der Waals surface area contributed by atoms with Crippen molar-refractivity contribution in [2.24, 2.45) is 11.1 Å². The summed E-state index contributed by atoms with van der Waals surface area (Å²) in [5.41, 5.74) is 5.70. The average Bonchev–Trinajstić information content (AvgIpc) is 2.83. The summed E-state index contributed by atoms with van der Waals surface area (Å²) in [4.78, 5) is 2.27. The molecule has 0 amide bonds. The summed E-state index contributed by atoms with van der Waals surface area (Å²) in [6, 6.07) is 0.446. The SMILES string of the molecule is CC(C)N(CCO)CC1(CC(=N)N)CC1. The highest BCUT2D eigenvalue weighted by Gasteiger charge is 2.44. The van der Waals surface area contributed by atoms with Crippen LogP contribution in [0.25, 0.3) is 0 Å². The van der Waals surface area contributed by atoms with Crippen LogP contribution in [0.5, 0.6) is 0 Å². The third kappa shape index (κ3) is 3.80. The topological polar surface area (TPSA) is 73.3 Å². The van der Waals surface area contributed by atoms with Crippen molar-refractivity contribution in [3.8, 4) is 0 Å². The fourth-order valence-corrected chi connectivity index (χ4v) is 2.05. The Kier molecular flexibility index (Phi) is 4.11. The highest BCUT2D eigenvalue weighted by Crippen LogP contribution is 2.49. The zero-order chi connectivity index (χ0) is 11.5. The molecule has 0 saturated heterocycles. The van der Waals surface area contributed by atoms with E-state index in [-0.39, 0.29) is 12.0 Å². The first-order valence-electron chi connectivity index (χ1n) is 5.67. The lowest BCUT2D eigenvalue weighted by Gasteiger charge is -2.30. The van der Waals surface area contributed by atoms with Gasteiger partial charge in [-0.25, -0.2) is 0 Å². The lowest BCUT2D eigenvalue weighted by Crippen LogP contribution is -2.39. The zero-order valence-electron chi connectivity index (χ0n) is 9.79. The Morgan fingerprint density at radius 2 is 2.13 bits per heavy atom. The molecule has 0 heterocycles. The molecule has 1 aliphatic carbocycles. The van der Waals surface area contributed by atoms with E-state index in [0.717, 1.165) is 13.1 Å². The summed E-state index contributed by atoms with van der Waals surface area (Å²) in [6.07, 6.45) is 3.05. The highest BCUT2D eigenvalue weighted by molar-refractivity contribution is 5.78. The minimum atomic E-state index is 0.203. The van der Waals surface area contributed by atoms with Gasteiger partial charge in [0.25, 0.3) is 0 Å². The molecular formula is C11H23N3O. The van der Waals surface area contributed by atoms with Crippen LogP contribution in [0.3, 0.4) is 0 Å². The van der Waals surface area contributed by atoms with Gasteiger partial charge < -0.3 is 10.8 Å². The van der Waals surface area contributed by atoms with Crippen LogP contribution in [-0.4, -0.2) is 41.6 Å². The van der Waals surface area contributed by atoms with Crippen LogP contribution in [0.4, 0.5) is 0 Å². The normalized spacial score (nSPS) is 18.5. The molecule has 0 spiro atoms. The Morgan fingerprint density at radius 1 is 1.53 bits per heavy atom. The van der Waals surface area contributed by atoms with Crippen molar-refractivity contribution in [3.63, 3.8) is 0 Å². The van der Waals surface area contributed by atoms with Gasteiger partial charge in [0.1, 0.15) is 0 Å². The third-order valence-corrected chi connectivity index (χ3v) is 3.18. The van der Waals surface area contributed by atoms with Crippen LogP contribution in [0, 0.1) is 10.8 Å². The summed E-state index contributed by atoms with van der Waals surface area (Å²) in [5, 5.41) is 16.3. The van der Waals surface area contributed by atoms with Crippen LogP contribution in [0.2, 0.25) is 0 Å². The Labute approximate surface area is 92.0 Å². The van der Waals surface area contributed by atoms with Crippen LogP contribution in [0.15, 0.2) is 0 Å². The molecular weight excluding hydrogens is 190 g/mol. The van der Waals surface area contributed by atoms with Gasteiger partial charge in [0.05, 0.1) is 12.4 Å². The predicted octanol–water partition coefficient (Wildman–Crippen LogP) is 0.795. The quantitative estimate of drug-likeness (QED) is 0.432. The van der Waals surface area contributed by atoms with E-state index in [0.29, 0.717) is 18.3 Å². The molecule has 0 aromatic rings. The van der Waals surface area contributed by atoms with E-state index in [1.54, 1.807) is 0 Å². The molecule has 0 aromatic heterocycles. The minimum absolute atomic E-state index is 0.203. The maximum Gasteiger partial charge on any atom is 0.0911 e. The number of nitrogens with two attached hydrogens (primary N) is 1. The van der Waals surface area contributed by atoms with E-state index in [1.165, 1.54) is 12.8 Å². The van der Waals surface area contributed by atoms with Gasteiger partial charge in [0, 0.05) is 25.6 Å². The van der Waals surface area contributed by atoms with Gasteiger partial charge in [-0.05, 0) is 32.1 Å². The number of rotatable bonds is 7. The maximum atomic E-state index is 8.98. The van der Waals surface area contributed by atoms with Crippen LogP contribution < -0.4 is 5.73 Å². The number of nitrogens with zero attached hydrogens (tertiary/aromatic N) is 1. The molecule has 1 rings (SSSR count). The largest absolute Gasteiger partial charge is 0.395 e. The molecule has 1 fully saturated rings. The molecule has 0 bridgehead atoms. The molecule has 0 aromatic carbocycles. The molecule has 4 heteroatoms. The van der Waals surface area contributed by atoms with E-state index < -0.39 is 0 Å². The average molecular weight is 213 g/mol. The zero-order valence-corrected chi connectivity index (χ0v) is 9.79. The molecule has 88 valence electrons. The minimum Gasteiger partial charge on any atom is -0.395 e. The molecule has 1 saturated carbocycles. The summed E-state index contributed by atoms with van der Waals surface area (Å²) in [5.74, 6) is 0.292. The second-order valence-electron chi connectivity index (χ2n) is 4.99. The van der Waals surface area contributed by atoms with Crippen LogP contribution in [0.1, 0.15) is 33.1 Å². The third-order valence-electron chi connectivity index (χ3n) is 3.18. The van der Waals surface area contributed by atoms with Gasteiger partial charge in [0.15, 0.2) is 0 Å². The number of aliphatic hydroxyl groups is 1. The standard InChI is InChI=1S/C11H23N3O/c1-9(2)14(5-6-15)8-11(3-4-11)7-10(12)13/h9,15H,3-8H2,1-2H3,(H3,12,13). The fraction of sp³-hybridized carbons (Fsp3) is 0.909. The van der Waals surface area contributed by atoms with Gasteiger partial charge in [-0.3, -0.25) is 10.3 Å². The van der Waals surface area contributed by atoms with Crippen molar-refractivity contribution in [2.45, 2.75) is 39.2 Å². The number of hydrogen-bond donors (Lipinski definition) is 3. The summed E-state index contributed by atoms with van der Waals surface area (Å²) >= 11 is 0. The summed E-state index contributed by atoms with van der Waals surface area (Å²) in [6.45, 7) is 6.16. The molecule has 1 aliphatic rings. The number of aliphatic hydroxyl groups excluding tert-OH is 1. The molecule has 15 heavy (non-hydrogen) atoms. The Bertz CT molecular complexity index is 224. The van der Waals surface area contributed by atoms with Crippen molar-refractivity contribution in [1.82, 2.24) is 4.90 Å². The van der Waals surface area contributed by atoms with Gasteiger partial charge in [0.2, 0.25) is 0 Å². The van der Waals surface area contributed by atoms with Crippen LogP contribution >= 0.6 is 0 Å². The number of amidine groups is 1. The van der Waals surface area contributed by atoms with Crippen molar-refractivity contribution in [3.05, 3.63) is 0 Å². The predicted molar refractivity (Wildman–Crippen MR) is 62.0 cm³/mol. The smallest absolute Gasteiger partial charge is 0.0911 e. The van der Waals surface area contributed by atoms with Gasteiger partial charge in [-0.2, -0.15) is 0 Å². The van der Waals surface area contributed by atoms with Crippen molar-refractivity contribution in [1.29, 1.82) is 5.41 Å². The van der Waals surface area contributed by atoms with Crippen molar-refractivity contribution < 1.29 is 5.11 Å². The number of hydrogen-bond acceptors (Lipinski definition) is 3. The highest BCUT2D eigenvalue weighted by atomic mass is 16.3. The monoisotopic (exact) mass is 213 g/mol. The summed E-state index contributed by atoms with van der Waals surface area (Å²) < 4.78 is 0. The first-order chi connectivity index (χ1) is 6.99. The second-order valence-corrected chi connectivity index (χ2v) is 4.99. The maximum absolute atomic E-state index is 8.98. The molecule has 0 unspecified atom stereocenters.